The number of anilines is 2. The van der Waals surface area contributed by atoms with Gasteiger partial charge in [-0.25, -0.2) is 0 Å². The summed E-state index contributed by atoms with van der Waals surface area (Å²) in [6.45, 7) is 1.40. The average Bonchev–Trinajstić information content (AvgIpc) is 3.10. The van der Waals surface area contributed by atoms with Gasteiger partial charge in [-0.2, -0.15) is 0 Å². The molecule has 1 saturated carbocycles. The van der Waals surface area contributed by atoms with Gasteiger partial charge in [-0.05, 0) is 37.1 Å². The fourth-order valence-corrected chi connectivity index (χ4v) is 1.48. The molecule has 1 fully saturated rings. The van der Waals surface area contributed by atoms with Crippen molar-refractivity contribution >= 4 is 17.3 Å². The van der Waals surface area contributed by atoms with Gasteiger partial charge in [0.2, 0.25) is 5.91 Å². The molecule has 16 heavy (non-hydrogen) atoms. The van der Waals surface area contributed by atoms with Gasteiger partial charge in [-0.3, -0.25) is 4.79 Å². The zero-order chi connectivity index (χ0) is 11.4. The number of nitrogen functional groups attached to an aromatic ring is 1. The Bertz CT molecular complexity index is 357. The number of nitrogens with two attached hydrogens (primary N) is 1. The molecule has 0 radical (unpaired) electrons. The first-order valence-electron chi connectivity index (χ1n) is 5.63. The number of nitrogens with one attached hydrogen (secondary N) is 2. The SMILES string of the molecule is Nc1ccc(NCCNC(=O)C2CC2)cc1. The molecule has 1 aromatic rings. The van der Waals surface area contributed by atoms with Crippen LogP contribution in [0.4, 0.5) is 11.4 Å². The molecule has 1 aliphatic carbocycles. The van der Waals surface area contributed by atoms with E-state index in [1.807, 2.05) is 24.3 Å². The summed E-state index contributed by atoms with van der Waals surface area (Å²) < 4.78 is 0. The van der Waals surface area contributed by atoms with Crippen LogP contribution in [-0.2, 0) is 4.79 Å². The van der Waals surface area contributed by atoms with Gasteiger partial charge < -0.3 is 16.4 Å². The van der Waals surface area contributed by atoms with Crippen molar-refractivity contribution in [2.24, 2.45) is 5.92 Å². The zero-order valence-corrected chi connectivity index (χ0v) is 9.20. The van der Waals surface area contributed by atoms with Gasteiger partial charge in [0.15, 0.2) is 0 Å². The summed E-state index contributed by atoms with van der Waals surface area (Å²) in [6.07, 6.45) is 2.11. The molecule has 1 aromatic carbocycles. The van der Waals surface area contributed by atoms with Crippen molar-refractivity contribution in [3.05, 3.63) is 24.3 Å². The minimum Gasteiger partial charge on any atom is -0.399 e. The van der Waals surface area contributed by atoms with Gasteiger partial charge in [0.25, 0.3) is 0 Å². The molecule has 0 atom stereocenters. The van der Waals surface area contributed by atoms with Crippen molar-refractivity contribution in [2.75, 3.05) is 24.1 Å². The fraction of sp³-hybridized carbons (Fsp3) is 0.417. The lowest BCUT2D eigenvalue weighted by Gasteiger charge is -2.07. The molecular formula is C12H17N3O. The highest BCUT2D eigenvalue weighted by Gasteiger charge is 2.28. The molecule has 0 heterocycles. The number of benzene rings is 1. The molecule has 0 unspecified atom stereocenters. The first kappa shape index (κ1) is 10.8. The highest BCUT2D eigenvalue weighted by molar-refractivity contribution is 5.80. The third kappa shape index (κ3) is 3.15. The van der Waals surface area contributed by atoms with Crippen molar-refractivity contribution < 1.29 is 4.79 Å². The molecule has 4 heteroatoms. The maximum atomic E-state index is 11.3. The Morgan fingerprint density at radius 3 is 2.56 bits per heavy atom. The summed E-state index contributed by atoms with van der Waals surface area (Å²) in [7, 11) is 0. The standard InChI is InChI=1S/C12H17N3O/c13-10-3-5-11(6-4-10)14-7-8-15-12(16)9-1-2-9/h3-6,9,14H,1-2,7-8,13H2,(H,15,16). The lowest BCUT2D eigenvalue weighted by molar-refractivity contribution is -0.122. The number of amides is 1. The summed E-state index contributed by atoms with van der Waals surface area (Å²) in [5, 5.41) is 6.12. The van der Waals surface area contributed by atoms with Crippen LogP contribution in [0.1, 0.15) is 12.8 Å². The van der Waals surface area contributed by atoms with E-state index < -0.39 is 0 Å². The largest absolute Gasteiger partial charge is 0.399 e. The normalized spacial score (nSPS) is 14.5. The molecule has 0 aromatic heterocycles. The van der Waals surface area contributed by atoms with Crippen LogP contribution in [0.2, 0.25) is 0 Å². The van der Waals surface area contributed by atoms with Gasteiger partial charge in [0.05, 0.1) is 0 Å². The van der Waals surface area contributed by atoms with Crippen molar-refractivity contribution in [1.82, 2.24) is 5.32 Å². The first-order valence-corrected chi connectivity index (χ1v) is 5.63. The van der Waals surface area contributed by atoms with Gasteiger partial charge in [-0.1, -0.05) is 0 Å². The average molecular weight is 219 g/mol. The molecule has 0 spiro atoms. The maximum absolute atomic E-state index is 11.3. The van der Waals surface area contributed by atoms with Crippen molar-refractivity contribution in [3.8, 4) is 0 Å². The van der Waals surface area contributed by atoms with E-state index >= 15 is 0 Å². The smallest absolute Gasteiger partial charge is 0.223 e. The van der Waals surface area contributed by atoms with Gasteiger partial charge >= 0.3 is 0 Å². The fourth-order valence-electron chi connectivity index (χ4n) is 1.48. The second kappa shape index (κ2) is 4.88. The van der Waals surface area contributed by atoms with E-state index in [4.69, 9.17) is 5.73 Å². The van der Waals surface area contributed by atoms with Crippen LogP contribution < -0.4 is 16.4 Å². The van der Waals surface area contributed by atoms with E-state index in [1.54, 1.807) is 0 Å². The quantitative estimate of drug-likeness (QED) is 0.515. The molecule has 4 N–H and O–H groups in total. The molecule has 4 nitrogen and oxygen atoms in total. The predicted molar refractivity (Wildman–Crippen MR) is 65.1 cm³/mol. The molecule has 0 saturated heterocycles. The Balaban J connectivity index is 1.63. The van der Waals surface area contributed by atoms with E-state index in [-0.39, 0.29) is 11.8 Å². The number of carbonyl (C=O) groups excluding carboxylic acids is 1. The molecule has 0 bridgehead atoms. The molecule has 0 aliphatic heterocycles. The third-order valence-electron chi connectivity index (χ3n) is 2.61. The highest BCUT2D eigenvalue weighted by atomic mass is 16.2. The van der Waals surface area contributed by atoms with Crippen LogP contribution in [0.15, 0.2) is 24.3 Å². The van der Waals surface area contributed by atoms with Crippen LogP contribution in [0.3, 0.4) is 0 Å². The van der Waals surface area contributed by atoms with Crippen LogP contribution in [0.25, 0.3) is 0 Å². The number of rotatable bonds is 5. The number of hydrogen-bond acceptors (Lipinski definition) is 3. The molecule has 2 rings (SSSR count). The second-order valence-corrected chi connectivity index (χ2v) is 4.11. The minimum absolute atomic E-state index is 0.194. The first-order chi connectivity index (χ1) is 7.75. The molecule has 1 aliphatic rings. The minimum atomic E-state index is 0.194. The van der Waals surface area contributed by atoms with Crippen LogP contribution >= 0.6 is 0 Å². The summed E-state index contributed by atoms with van der Waals surface area (Å²) in [6, 6.07) is 7.56. The van der Waals surface area contributed by atoms with E-state index in [2.05, 4.69) is 10.6 Å². The Labute approximate surface area is 95.2 Å². The Hall–Kier alpha value is -1.71. The highest BCUT2D eigenvalue weighted by Crippen LogP contribution is 2.28. The summed E-state index contributed by atoms with van der Waals surface area (Å²) in [5.41, 5.74) is 7.36. The van der Waals surface area contributed by atoms with E-state index in [1.165, 1.54) is 0 Å². The topological polar surface area (TPSA) is 67.2 Å². The van der Waals surface area contributed by atoms with Crippen LogP contribution in [0.5, 0.6) is 0 Å². The molecular weight excluding hydrogens is 202 g/mol. The van der Waals surface area contributed by atoms with Gasteiger partial charge in [0, 0.05) is 30.4 Å². The second-order valence-electron chi connectivity index (χ2n) is 4.11. The monoisotopic (exact) mass is 219 g/mol. The maximum Gasteiger partial charge on any atom is 0.223 e. The number of hydrogen-bond donors (Lipinski definition) is 3. The summed E-state index contributed by atoms with van der Waals surface area (Å²) in [4.78, 5) is 11.3. The number of carbonyl (C=O) groups is 1. The summed E-state index contributed by atoms with van der Waals surface area (Å²) in [5.74, 6) is 0.482. The Morgan fingerprint density at radius 1 is 1.25 bits per heavy atom. The van der Waals surface area contributed by atoms with Crippen LogP contribution in [0, 0.1) is 5.92 Å². The van der Waals surface area contributed by atoms with E-state index in [0.29, 0.717) is 6.54 Å². The van der Waals surface area contributed by atoms with Crippen LogP contribution in [-0.4, -0.2) is 19.0 Å². The predicted octanol–water partition coefficient (Wildman–Crippen LogP) is 1.21. The Morgan fingerprint density at radius 2 is 1.94 bits per heavy atom. The lowest BCUT2D eigenvalue weighted by atomic mass is 10.3. The van der Waals surface area contributed by atoms with Crippen molar-refractivity contribution in [3.63, 3.8) is 0 Å². The van der Waals surface area contributed by atoms with Gasteiger partial charge in [0.1, 0.15) is 0 Å². The third-order valence-corrected chi connectivity index (χ3v) is 2.61. The molecule has 86 valence electrons. The van der Waals surface area contributed by atoms with Crippen molar-refractivity contribution in [2.45, 2.75) is 12.8 Å². The molecule has 1 amide bonds. The lowest BCUT2D eigenvalue weighted by Crippen LogP contribution is -2.29. The van der Waals surface area contributed by atoms with Gasteiger partial charge in [-0.15, -0.1) is 0 Å². The Kier molecular flexibility index (Phi) is 3.29. The van der Waals surface area contributed by atoms with E-state index in [9.17, 15) is 4.79 Å². The summed E-state index contributed by atoms with van der Waals surface area (Å²) >= 11 is 0. The van der Waals surface area contributed by atoms with E-state index in [0.717, 1.165) is 30.8 Å². The zero-order valence-electron chi connectivity index (χ0n) is 9.20. The van der Waals surface area contributed by atoms with Crippen molar-refractivity contribution in [1.29, 1.82) is 0 Å².